The summed E-state index contributed by atoms with van der Waals surface area (Å²) in [5, 5.41) is 2.77. The summed E-state index contributed by atoms with van der Waals surface area (Å²) in [5.41, 5.74) is 4.22. The van der Waals surface area contributed by atoms with E-state index in [2.05, 4.69) is 19.2 Å². The molecule has 1 N–H and O–H groups in total. The zero-order valence-corrected chi connectivity index (χ0v) is 15.2. The molecule has 1 amide bonds. The van der Waals surface area contributed by atoms with E-state index in [-0.39, 0.29) is 11.2 Å². The van der Waals surface area contributed by atoms with Crippen molar-refractivity contribution in [1.29, 1.82) is 0 Å². The highest BCUT2D eigenvalue weighted by Crippen LogP contribution is 2.36. The smallest absolute Gasteiger partial charge is 0.242 e. The van der Waals surface area contributed by atoms with Crippen LogP contribution in [0.2, 0.25) is 0 Å². The van der Waals surface area contributed by atoms with Crippen molar-refractivity contribution < 1.29 is 4.79 Å². The zero-order chi connectivity index (χ0) is 17.6. The molecule has 3 aromatic rings. The van der Waals surface area contributed by atoms with Gasteiger partial charge in [0.25, 0.3) is 0 Å². The molecule has 0 heterocycles. The number of carbonyl (C=O) groups excluding carboxylic acids is 1. The maximum absolute atomic E-state index is 13.0. The first kappa shape index (κ1) is 17.3. The lowest BCUT2D eigenvalue weighted by Crippen LogP contribution is -2.19. The van der Waals surface area contributed by atoms with E-state index < -0.39 is 0 Å². The maximum Gasteiger partial charge on any atom is 0.242 e. The number of carbonyl (C=O) groups is 1. The average Bonchev–Trinajstić information content (AvgIpc) is 2.64. The van der Waals surface area contributed by atoms with Crippen LogP contribution in [0.5, 0.6) is 0 Å². The van der Waals surface area contributed by atoms with E-state index in [9.17, 15) is 4.79 Å². The average molecular weight is 347 g/mol. The van der Waals surface area contributed by atoms with Crippen LogP contribution in [0, 0.1) is 13.8 Å². The van der Waals surface area contributed by atoms with Crippen LogP contribution in [-0.4, -0.2) is 5.91 Å². The summed E-state index contributed by atoms with van der Waals surface area (Å²) in [4.78, 5) is 14.1. The van der Waals surface area contributed by atoms with Gasteiger partial charge in [-0.1, -0.05) is 54.6 Å². The molecule has 0 aromatic heterocycles. The van der Waals surface area contributed by atoms with Crippen LogP contribution in [0.1, 0.15) is 21.9 Å². The lowest BCUT2D eigenvalue weighted by Gasteiger charge is -2.17. The second-order valence-electron chi connectivity index (χ2n) is 6.01. The Morgan fingerprint density at radius 3 is 2.12 bits per heavy atom. The third-order valence-corrected chi connectivity index (χ3v) is 5.38. The summed E-state index contributed by atoms with van der Waals surface area (Å²) in [6.07, 6.45) is 0. The maximum atomic E-state index is 13.0. The minimum Gasteiger partial charge on any atom is -0.325 e. The van der Waals surface area contributed by atoms with Crippen LogP contribution in [0.4, 0.5) is 5.69 Å². The molecular formula is C22H21NOS. The molecule has 126 valence electrons. The first-order chi connectivity index (χ1) is 12.1. The molecule has 0 saturated heterocycles. The number of benzene rings is 3. The predicted octanol–water partition coefficient (Wildman–Crippen LogP) is 5.78. The Balaban J connectivity index is 1.85. The Morgan fingerprint density at radius 2 is 1.48 bits per heavy atom. The van der Waals surface area contributed by atoms with E-state index in [1.165, 1.54) is 11.1 Å². The van der Waals surface area contributed by atoms with Crippen LogP contribution in [0.15, 0.2) is 83.8 Å². The second-order valence-corrected chi connectivity index (χ2v) is 7.19. The minimum absolute atomic E-state index is 0.0108. The molecular weight excluding hydrogens is 326 g/mol. The van der Waals surface area contributed by atoms with Crippen molar-refractivity contribution in [3.8, 4) is 0 Å². The highest BCUT2D eigenvalue weighted by Gasteiger charge is 2.22. The van der Waals surface area contributed by atoms with E-state index >= 15 is 0 Å². The first-order valence-corrected chi connectivity index (χ1v) is 9.16. The molecule has 25 heavy (non-hydrogen) atoms. The quantitative estimate of drug-likeness (QED) is 0.593. The van der Waals surface area contributed by atoms with Gasteiger partial charge in [-0.3, -0.25) is 4.79 Å². The number of hydrogen-bond donors (Lipinski definition) is 1. The number of rotatable bonds is 5. The van der Waals surface area contributed by atoms with Crippen LogP contribution >= 0.6 is 11.8 Å². The molecule has 0 aliphatic carbocycles. The standard InChI is InChI=1S/C22H21NOS/c1-16-13-14-19(15-17(16)2)23-22(24)21(18-9-5-3-6-10-18)25-20-11-7-4-8-12-20/h3-15,21H,1-2H3,(H,23,24)/t21-/m0/s1. The zero-order valence-electron chi connectivity index (χ0n) is 14.4. The predicted molar refractivity (Wildman–Crippen MR) is 106 cm³/mol. The summed E-state index contributed by atoms with van der Waals surface area (Å²) in [5.74, 6) is -0.0108. The summed E-state index contributed by atoms with van der Waals surface area (Å²) in [6, 6.07) is 25.9. The van der Waals surface area contributed by atoms with Gasteiger partial charge in [0.1, 0.15) is 5.25 Å². The van der Waals surface area contributed by atoms with Crippen LogP contribution in [-0.2, 0) is 4.79 Å². The Morgan fingerprint density at radius 1 is 0.840 bits per heavy atom. The van der Waals surface area contributed by atoms with Crippen molar-refractivity contribution in [2.75, 3.05) is 5.32 Å². The van der Waals surface area contributed by atoms with Gasteiger partial charge in [0, 0.05) is 10.6 Å². The van der Waals surface area contributed by atoms with Gasteiger partial charge in [0.05, 0.1) is 0 Å². The molecule has 0 bridgehead atoms. The van der Waals surface area contributed by atoms with Gasteiger partial charge in [0.2, 0.25) is 5.91 Å². The lowest BCUT2D eigenvalue weighted by atomic mass is 10.1. The largest absolute Gasteiger partial charge is 0.325 e. The van der Waals surface area contributed by atoms with Crippen molar-refractivity contribution in [2.24, 2.45) is 0 Å². The molecule has 0 radical (unpaired) electrons. The third kappa shape index (κ3) is 4.52. The Labute approximate surface area is 153 Å². The van der Waals surface area contributed by atoms with Gasteiger partial charge in [0.15, 0.2) is 0 Å². The van der Waals surface area contributed by atoms with Crippen molar-refractivity contribution >= 4 is 23.4 Å². The Hall–Kier alpha value is -2.52. The van der Waals surface area contributed by atoms with Crippen molar-refractivity contribution in [2.45, 2.75) is 24.0 Å². The van der Waals surface area contributed by atoms with Crippen molar-refractivity contribution in [1.82, 2.24) is 0 Å². The number of aryl methyl sites for hydroxylation is 2. The highest BCUT2D eigenvalue weighted by molar-refractivity contribution is 8.00. The number of hydrogen-bond acceptors (Lipinski definition) is 2. The lowest BCUT2D eigenvalue weighted by molar-refractivity contribution is -0.115. The fourth-order valence-corrected chi connectivity index (χ4v) is 3.61. The summed E-state index contributed by atoms with van der Waals surface area (Å²) in [7, 11) is 0. The fraction of sp³-hybridized carbons (Fsp3) is 0.136. The fourth-order valence-electron chi connectivity index (χ4n) is 2.56. The number of thioether (sulfide) groups is 1. The van der Waals surface area contributed by atoms with E-state index in [1.54, 1.807) is 11.8 Å². The van der Waals surface area contributed by atoms with E-state index in [1.807, 2.05) is 78.9 Å². The van der Waals surface area contributed by atoms with Crippen LogP contribution in [0.3, 0.4) is 0 Å². The molecule has 0 spiro atoms. The van der Waals surface area contributed by atoms with Gasteiger partial charge >= 0.3 is 0 Å². The second kappa shape index (κ2) is 8.04. The molecule has 3 rings (SSSR count). The molecule has 0 aliphatic heterocycles. The van der Waals surface area contributed by atoms with Crippen LogP contribution in [0.25, 0.3) is 0 Å². The molecule has 0 unspecified atom stereocenters. The molecule has 3 heteroatoms. The monoisotopic (exact) mass is 347 g/mol. The molecule has 1 atom stereocenters. The summed E-state index contributed by atoms with van der Waals surface area (Å²) in [6.45, 7) is 4.12. The van der Waals surface area contributed by atoms with Crippen molar-refractivity contribution in [3.63, 3.8) is 0 Å². The molecule has 0 saturated carbocycles. The third-order valence-electron chi connectivity index (χ3n) is 4.11. The Bertz CT molecular complexity index is 846. The van der Waals surface area contributed by atoms with Gasteiger partial charge in [-0.05, 0) is 54.8 Å². The number of nitrogens with one attached hydrogen (secondary N) is 1. The van der Waals surface area contributed by atoms with Gasteiger partial charge in [-0.25, -0.2) is 0 Å². The highest BCUT2D eigenvalue weighted by atomic mass is 32.2. The van der Waals surface area contributed by atoms with Gasteiger partial charge in [-0.2, -0.15) is 0 Å². The number of amides is 1. The van der Waals surface area contributed by atoms with E-state index in [0.29, 0.717) is 0 Å². The molecule has 0 fully saturated rings. The number of anilines is 1. The summed E-state index contributed by atoms with van der Waals surface area (Å²) < 4.78 is 0. The normalized spacial score (nSPS) is 11.8. The topological polar surface area (TPSA) is 29.1 Å². The molecule has 2 nitrogen and oxygen atoms in total. The van der Waals surface area contributed by atoms with Crippen molar-refractivity contribution in [3.05, 3.63) is 95.6 Å². The van der Waals surface area contributed by atoms with E-state index in [0.717, 1.165) is 16.1 Å². The van der Waals surface area contributed by atoms with Gasteiger partial charge in [-0.15, -0.1) is 11.8 Å². The summed E-state index contributed by atoms with van der Waals surface area (Å²) >= 11 is 1.56. The molecule has 3 aromatic carbocycles. The Kier molecular flexibility index (Phi) is 5.56. The SMILES string of the molecule is Cc1ccc(NC(=O)[C@@H](Sc2ccccc2)c2ccccc2)cc1C. The molecule has 0 aliphatic rings. The van der Waals surface area contributed by atoms with Crippen LogP contribution < -0.4 is 5.32 Å². The minimum atomic E-state index is -0.301. The van der Waals surface area contributed by atoms with E-state index in [4.69, 9.17) is 0 Å². The first-order valence-electron chi connectivity index (χ1n) is 8.28. The van der Waals surface area contributed by atoms with Gasteiger partial charge < -0.3 is 5.32 Å².